The maximum atomic E-state index is 14.9. The number of nitrogens with zero attached hydrogens (tertiary/aromatic N) is 4. The van der Waals surface area contributed by atoms with Gasteiger partial charge in [0.1, 0.15) is 17.2 Å². The molecule has 30 heavy (non-hydrogen) atoms. The Morgan fingerprint density at radius 2 is 1.57 bits per heavy atom. The van der Waals surface area contributed by atoms with Crippen LogP contribution in [0.2, 0.25) is 0 Å². The van der Waals surface area contributed by atoms with Gasteiger partial charge in [-0.1, -0.05) is 12.1 Å². The van der Waals surface area contributed by atoms with Crippen molar-refractivity contribution in [1.29, 1.82) is 0 Å². The molecule has 146 valence electrons. The van der Waals surface area contributed by atoms with Gasteiger partial charge in [0.25, 0.3) is 5.56 Å². The lowest BCUT2D eigenvalue weighted by molar-refractivity contribution is 0.544. The number of hydrogen-bond acceptors (Lipinski definition) is 4. The quantitative estimate of drug-likeness (QED) is 0.452. The lowest BCUT2D eigenvalue weighted by atomic mass is 10.0. The average Bonchev–Trinajstić information content (AvgIpc) is 2.77. The first-order valence-corrected chi connectivity index (χ1v) is 9.24. The van der Waals surface area contributed by atoms with Crippen molar-refractivity contribution in [1.82, 2.24) is 19.5 Å². The summed E-state index contributed by atoms with van der Waals surface area (Å²) in [6, 6.07) is 15.0. The van der Waals surface area contributed by atoms with Gasteiger partial charge in [0.15, 0.2) is 5.65 Å². The Bertz CT molecular complexity index is 1460. The first-order valence-electron chi connectivity index (χ1n) is 9.24. The van der Waals surface area contributed by atoms with Crippen molar-refractivity contribution in [2.45, 2.75) is 6.54 Å². The zero-order chi connectivity index (χ0) is 20.7. The summed E-state index contributed by atoms with van der Waals surface area (Å²) >= 11 is 0. The molecule has 2 aromatic carbocycles. The molecule has 0 fully saturated rings. The first kappa shape index (κ1) is 18.1. The van der Waals surface area contributed by atoms with Gasteiger partial charge in [-0.2, -0.15) is 0 Å². The van der Waals surface area contributed by atoms with E-state index in [0.717, 1.165) is 17.1 Å². The summed E-state index contributed by atoms with van der Waals surface area (Å²) in [5.41, 5.74) is 1.94. The molecule has 0 N–H and O–H groups in total. The van der Waals surface area contributed by atoms with Crippen molar-refractivity contribution in [3.63, 3.8) is 0 Å². The van der Waals surface area contributed by atoms with E-state index in [1.54, 1.807) is 30.5 Å². The van der Waals surface area contributed by atoms with Crippen LogP contribution in [0.25, 0.3) is 33.2 Å². The summed E-state index contributed by atoms with van der Waals surface area (Å²) in [6.07, 6.45) is 4.32. The molecule has 0 bridgehead atoms. The van der Waals surface area contributed by atoms with E-state index in [9.17, 15) is 13.6 Å². The molecule has 5 aromatic rings. The minimum absolute atomic E-state index is 0.207. The number of pyridine rings is 2. The minimum atomic E-state index is -0.732. The van der Waals surface area contributed by atoms with Gasteiger partial charge >= 0.3 is 0 Å². The van der Waals surface area contributed by atoms with Crippen LogP contribution in [0, 0.1) is 11.6 Å². The summed E-state index contributed by atoms with van der Waals surface area (Å²) in [5, 5.41) is 0.876. The van der Waals surface area contributed by atoms with E-state index >= 15 is 0 Å². The highest BCUT2D eigenvalue weighted by Crippen LogP contribution is 2.27. The van der Waals surface area contributed by atoms with E-state index in [2.05, 4.69) is 15.0 Å². The molecule has 0 saturated heterocycles. The van der Waals surface area contributed by atoms with Gasteiger partial charge in [-0.25, -0.2) is 18.7 Å². The maximum Gasteiger partial charge on any atom is 0.270 e. The van der Waals surface area contributed by atoms with Crippen molar-refractivity contribution < 1.29 is 8.78 Å². The highest BCUT2D eigenvalue weighted by atomic mass is 19.1. The molecule has 0 atom stereocenters. The Morgan fingerprint density at radius 1 is 0.800 bits per heavy atom. The smallest absolute Gasteiger partial charge is 0.270 e. The molecule has 0 radical (unpaired) electrons. The van der Waals surface area contributed by atoms with Crippen LogP contribution in [-0.2, 0) is 6.54 Å². The Hall–Kier alpha value is -4.00. The van der Waals surface area contributed by atoms with E-state index in [4.69, 9.17) is 0 Å². The standard InChI is InChI=1S/C23H14F2N4O/c24-18-10-16(14-5-6-20-15(9-14)3-1-7-26-20)11-19(25)17(18)13-29-22(30)12-28-21-4-2-8-27-23(21)29/h1-12H,13H2. The number of aromatic nitrogens is 4. The Balaban J connectivity index is 1.58. The third-order valence-corrected chi connectivity index (χ3v) is 5.00. The number of benzene rings is 2. The molecule has 0 spiro atoms. The predicted molar refractivity (Wildman–Crippen MR) is 110 cm³/mol. The van der Waals surface area contributed by atoms with Crippen LogP contribution in [0.15, 0.2) is 78.0 Å². The van der Waals surface area contributed by atoms with E-state index < -0.39 is 17.2 Å². The molecular formula is C23H14F2N4O. The zero-order valence-electron chi connectivity index (χ0n) is 15.6. The molecule has 3 heterocycles. The van der Waals surface area contributed by atoms with Crippen LogP contribution < -0.4 is 5.56 Å². The molecule has 0 aliphatic carbocycles. The average molecular weight is 400 g/mol. The third kappa shape index (κ3) is 3.10. The minimum Gasteiger partial charge on any atom is -0.285 e. The van der Waals surface area contributed by atoms with Crippen molar-refractivity contribution in [2.24, 2.45) is 0 Å². The highest BCUT2D eigenvalue weighted by Gasteiger charge is 2.16. The van der Waals surface area contributed by atoms with Gasteiger partial charge < -0.3 is 0 Å². The molecule has 0 aliphatic rings. The summed E-state index contributed by atoms with van der Waals surface area (Å²) in [5.74, 6) is -1.46. The molecule has 5 nitrogen and oxygen atoms in total. The van der Waals surface area contributed by atoms with Gasteiger partial charge in [-0.05, 0) is 53.6 Å². The fourth-order valence-electron chi connectivity index (χ4n) is 3.48. The largest absolute Gasteiger partial charge is 0.285 e. The van der Waals surface area contributed by atoms with Crippen molar-refractivity contribution in [3.05, 3.63) is 101 Å². The predicted octanol–water partition coefficient (Wildman–Crippen LogP) is 4.33. The Labute approximate surface area is 169 Å². The fraction of sp³-hybridized carbons (Fsp3) is 0.0435. The topological polar surface area (TPSA) is 60.7 Å². The monoisotopic (exact) mass is 400 g/mol. The number of rotatable bonds is 3. The van der Waals surface area contributed by atoms with E-state index in [0.29, 0.717) is 16.6 Å². The molecule has 0 saturated carbocycles. The fourth-order valence-corrected chi connectivity index (χ4v) is 3.48. The second-order valence-corrected chi connectivity index (χ2v) is 6.86. The van der Waals surface area contributed by atoms with Crippen molar-refractivity contribution >= 4 is 22.1 Å². The van der Waals surface area contributed by atoms with Crippen molar-refractivity contribution in [2.75, 3.05) is 0 Å². The molecule has 3 aromatic heterocycles. The highest BCUT2D eigenvalue weighted by molar-refractivity contribution is 5.84. The first-order chi connectivity index (χ1) is 14.6. The summed E-state index contributed by atoms with van der Waals surface area (Å²) in [6.45, 7) is -0.283. The van der Waals surface area contributed by atoms with Gasteiger partial charge in [0, 0.05) is 23.3 Å². The SMILES string of the molecule is O=c1cnc2cccnc2n1Cc1c(F)cc(-c2ccc3ncccc3c2)cc1F. The van der Waals surface area contributed by atoms with E-state index in [-0.39, 0.29) is 17.8 Å². The van der Waals surface area contributed by atoms with Crippen molar-refractivity contribution in [3.8, 4) is 11.1 Å². The second kappa shape index (κ2) is 7.11. The van der Waals surface area contributed by atoms with Crippen LogP contribution in [0.1, 0.15) is 5.56 Å². The normalized spacial score (nSPS) is 11.3. The number of halogens is 2. The number of fused-ring (bicyclic) bond motifs is 2. The van der Waals surface area contributed by atoms with Gasteiger partial charge in [-0.3, -0.25) is 14.3 Å². The van der Waals surface area contributed by atoms with Gasteiger partial charge in [-0.15, -0.1) is 0 Å². The maximum absolute atomic E-state index is 14.9. The summed E-state index contributed by atoms with van der Waals surface area (Å²) < 4.78 is 31.1. The summed E-state index contributed by atoms with van der Waals surface area (Å²) in [4.78, 5) is 24.7. The van der Waals surface area contributed by atoms with Crippen LogP contribution in [0.4, 0.5) is 8.78 Å². The zero-order valence-corrected chi connectivity index (χ0v) is 15.6. The van der Waals surface area contributed by atoms with Crippen LogP contribution >= 0.6 is 0 Å². The van der Waals surface area contributed by atoms with Crippen LogP contribution in [0.3, 0.4) is 0 Å². The van der Waals surface area contributed by atoms with E-state index in [1.165, 1.54) is 22.9 Å². The molecular weight excluding hydrogens is 386 g/mol. The van der Waals surface area contributed by atoms with E-state index in [1.807, 2.05) is 18.2 Å². The Kier molecular flexibility index (Phi) is 4.28. The molecule has 0 unspecified atom stereocenters. The molecule has 0 amide bonds. The van der Waals surface area contributed by atoms with Gasteiger partial charge in [0.2, 0.25) is 0 Å². The molecule has 5 rings (SSSR count). The molecule has 7 heteroatoms. The van der Waals surface area contributed by atoms with Crippen LogP contribution in [-0.4, -0.2) is 19.5 Å². The third-order valence-electron chi connectivity index (χ3n) is 5.00. The Morgan fingerprint density at radius 3 is 2.40 bits per heavy atom. The number of hydrogen-bond donors (Lipinski definition) is 0. The molecule has 0 aliphatic heterocycles. The van der Waals surface area contributed by atoms with Crippen LogP contribution in [0.5, 0.6) is 0 Å². The lowest BCUT2D eigenvalue weighted by Crippen LogP contribution is -2.23. The second-order valence-electron chi connectivity index (χ2n) is 6.86. The summed E-state index contributed by atoms with van der Waals surface area (Å²) in [7, 11) is 0. The van der Waals surface area contributed by atoms with Gasteiger partial charge in [0.05, 0.1) is 18.3 Å². The lowest BCUT2D eigenvalue weighted by Gasteiger charge is -2.12.